The number of likely N-dealkylation sites (N-methyl/N-ethyl adjacent to an activating group) is 1. The van der Waals surface area contributed by atoms with Gasteiger partial charge in [0.2, 0.25) is 0 Å². The SMILES string of the molecule is CC(=O)c1cc(Br)ccc1OCC(=O)N1CCN(C)CC1. The molecule has 1 saturated heterocycles. The van der Waals surface area contributed by atoms with E-state index in [0.29, 0.717) is 11.3 Å². The summed E-state index contributed by atoms with van der Waals surface area (Å²) in [7, 11) is 2.04. The molecule has 0 spiro atoms. The molecule has 21 heavy (non-hydrogen) atoms. The highest BCUT2D eigenvalue weighted by Crippen LogP contribution is 2.23. The second-order valence-corrected chi connectivity index (χ2v) is 6.09. The van der Waals surface area contributed by atoms with Gasteiger partial charge in [-0.25, -0.2) is 0 Å². The van der Waals surface area contributed by atoms with E-state index in [1.165, 1.54) is 6.92 Å². The van der Waals surface area contributed by atoms with Gasteiger partial charge < -0.3 is 14.5 Å². The first-order chi connectivity index (χ1) is 9.97. The molecule has 1 aliphatic heterocycles. The molecule has 1 amide bonds. The number of halogens is 1. The van der Waals surface area contributed by atoms with E-state index < -0.39 is 0 Å². The van der Waals surface area contributed by atoms with E-state index in [2.05, 4.69) is 20.8 Å². The van der Waals surface area contributed by atoms with Crippen LogP contribution in [0.15, 0.2) is 22.7 Å². The smallest absolute Gasteiger partial charge is 0.260 e. The quantitative estimate of drug-likeness (QED) is 0.773. The highest BCUT2D eigenvalue weighted by Gasteiger charge is 2.20. The third kappa shape index (κ3) is 4.28. The van der Waals surface area contributed by atoms with Gasteiger partial charge in [0.05, 0.1) is 5.56 Å². The number of piperazine rings is 1. The summed E-state index contributed by atoms with van der Waals surface area (Å²) in [6, 6.07) is 5.21. The third-order valence-electron chi connectivity index (χ3n) is 3.53. The van der Waals surface area contributed by atoms with Gasteiger partial charge >= 0.3 is 0 Å². The van der Waals surface area contributed by atoms with Crippen LogP contribution in [0, 0.1) is 0 Å². The highest BCUT2D eigenvalue weighted by atomic mass is 79.9. The van der Waals surface area contributed by atoms with Gasteiger partial charge in [0, 0.05) is 30.7 Å². The molecule has 0 unspecified atom stereocenters. The summed E-state index contributed by atoms with van der Waals surface area (Å²) in [6.07, 6.45) is 0. The fourth-order valence-electron chi connectivity index (χ4n) is 2.19. The Morgan fingerprint density at radius 1 is 1.24 bits per heavy atom. The zero-order valence-electron chi connectivity index (χ0n) is 12.3. The van der Waals surface area contributed by atoms with Crippen molar-refractivity contribution in [1.29, 1.82) is 0 Å². The first-order valence-corrected chi connectivity index (χ1v) is 7.66. The standard InChI is InChI=1S/C15H19BrN2O3/c1-11(19)13-9-12(16)3-4-14(13)21-10-15(20)18-7-5-17(2)6-8-18/h3-4,9H,5-8,10H2,1-2H3. The van der Waals surface area contributed by atoms with Crippen molar-refractivity contribution in [3.8, 4) is 5.75 Å². The van der Waals surface area contributed by atoms with E-state index in [1.807, 2.05) is 7.05 Å². The zero-order valence-corrected chi connectivity index (χ0v) is 13.9. The fourth-order valence-corrected chi connectivity index (χ4v) is 2.55. The van der Waals surface area contributed by atoms with E-state index in [-0.39, 0.29) is 18.3 Å². The largest absolute Gasteiger partial charge is 0.483 e. The number of carbonyl (C=O) groups excluding carboxylic acids is 2. The lowest BCUT2D eigenvalue weighted by Crippen LogP contribution is -2.48. The second kappa shape index (κ2) is 7.04. The number of amides is 1. The lowest BCUT2D eigenvalue weighted by molar-refractivity contribution is -0.134. The normalized spacial score (nSPS) is 15.9. The monoisotopic (exact) mass is 354 g/mol. The predicted octanol–water partition coefficient (Wildman–Crippen LogP) is 1.80. The maximum atomic E-state index is 12.1. The van der Waals surface area contributed by atoms with Crippen LogP contribution >= 0.6 is 15.9 Å². The molecule has 0 aliphatic carbocycles. The Kier molecular flexibility index (Phi) is 5.36. The summed E-state index contributed by atoms with van der Waals surface area (Å²) in [5, 5.41) is 0. The summed E-state index contributed by atoms with van der Waals surface area (Å²) in [6.45, 7) is 4.64. The minimum absolute atomic E-state index is 0.0361. The van der Waals surface area contributed by atoms with E-state index in [1.54, 1.807) is 23.1 Å². The van der Waals surface area contributed by atoms with Crippen molar-refractivity contribution < 1.29 is 14.3 Å². The molecule has 0 N–H and O–H groups in total. The Hall–Kier alpha value is -1.40. The Bertz CT molecular complexity index is 540. The third-order valence-corrected chi connectivity index (χ3v) is 4.02. The molecule has 1 aliphatic rings. The summed E-state index contributed by atoms with van der Waals surface area (Å²) < 4.78 is 6.36. The minimum Gasteiger partial charge on any atom is -0.483 e. The van der Waals surface area contributed by atoms with Crippen LogP contribution in [0.4, 0.5) is 0 Å². The van der Waals surface area contributed by atoms with Gasteiger partial charge in [-0.15, -0.1) is 0 Å². The predicted molar refractivity (Wildman–Crippen MR) is 83.7 cm³/mol. The van der Waals surface area contributed by atoms with Gasteiger partial charge in [0.25, 0.3) is 5.91 Å². The molecule has 0 atom stereocenters. The lowest BCUT2D eigenvalue weighted by atomic mass is 10.1. The van der Waals surface area contributed by atoms with Crippen molar-refractivity contribution in [2.24, 2.45) is 0 Å². The van der Waals surface area contributed by atoms with Crippen LogP contribution < -0.4 is 4.74 Å². The maximum Gasteiger partial charge on any atom is 0.260 e. The Labute approximate surface area is 133 Å². The van der Waals surface area contributed by atoms with Crippen LogP contribution in [0.3, 0.4) is 0 Å². The van der Waals surface area contributed by atoms with Gasteiger partial charge in [0.15, 0.2) is 12.4 Å². The highest BCUT2D eigenvalue weighted by molar-refractivity contribution is 9.10. The fraction of sp³-hybridized carbons (Fsp3) is 0.467. The van der Waals surface area contributed by atoms with E-state index in [4.69, 9.17) is 4.74 Å². The van der Waals surface area contributed by atoms with Gasteiger partial charge in [-0.2, -0.15) is 0 Å². The van der Waals surface area contributed by atoms with Crippen LogP contribution in [0.1, 0.15) is 17.3 Å². The molecule has 1 heterocycles. The van der Waals surface area contributed by atoms with Crippen LogP contribution in [0.5, 0.6) is 5.75 Å². The summed E-state index contributed by atoms with van der Waals surface area (Å²) in [4.78, 5) is 27.7. The van der Waals surface area contributed by atoms with E-state index >= 15 is 0 Å². The molecule has 6 heteroatoms. The summed E-state index contributed by atoms with van der Waals surface area (Å²) in [5.41, 5.74) is 0.482. The summed E-state index contributed by atoms with van der Waals surface area (Å²) in [5.74, 6) is 0.326. The number of Topliss-reactive ketones (excluding diaryl/α,β-unsaturated/α-hetero) is 1. The molecule has 2 rings (SSSR count). The molecule has 1 aromatic rings. The molecule has 0 bridgehead atoms. The average Bonchev–Trinajstić information content (AvgIpc) is 2.46. The van der Waals surface area contributed by atoms with Crippen LogP contribution in [-0.4, -0.2) is 61.3 Å². The van der Waals surface area contributed by atoms with Gasteiger partial charge in [-0.05, 0) is 32.2 Å². The number of hydrogen-bond donors (Lipinski definition) is 0. The molecule has 1 aromatic carbocycles. The minimum atomic E-state index is -0.0849. The molecule has 5 nitrogen and oxygen atoms in total. The number of nitrogens with zero attached hydrogens (tertiary/aromatic N) is 2. The zero-order chi connectivity index (χ0) is 15.4. The lowest BCUT2D eigenvalue weighted by Gasteiger charge is -2.32. The Morgan fingerprint density at radius 3 is 2.52 bits per heavy atom. The molecular weight excluding hydrogens is 336 g/mol. The van der Waals surface area contributed by atoms with Crippen molar-refractivity contribution in [1.82, 2.24) is 9.80 Å². The molecule has 0 radical (unpaired) electrons. The first kappa shape index (κ1) is 16.0. The molecular formula is C15H19BrN2O3. The van der Waals surface area contributed by atoms with Crippen LogP contribution in [-0.2, 0) is 4.79 Å². The van der Waals surface area contributed by atoms with Crippen LogP contribution in [0.25, 0.3) is 0 Å². The van der Waals surface area contributed by atoms with Crippen molar-refractivity contribution >= 4 is 27.6 Å². The van der Waals surface area contributed by atoms with Crippen molar-refractivity contribution in [2.45, 2.75) is 6.92 Å². The van der Waals surface area contributed by atoms with Crippen molar-refractivity contribution in [3.05, 3.63) is 28.2 Å². The first-order valence-electron chi connectivity index (χ1n) is 6.87. The second-order valence-electron chi connectivity index (χ2n) is 5.17. The number of hydrogen-bond acceptors (Lipinski definition) is 4. The number of benzene rings is 1. The van der Waals surface area contributed by atoms with Crippen molar-refractivity contribution in [3.63, 3.8) is 0 Å². The number of carbonyl (C=O) groups is 2. The van der Waals surface area contributed by atoms with Crippen LogP contribution in [0.2, 0.25) is 0 Å². The Balaban J connectivity index is 1.96. The molecule has 0 aromatic heterocycles. The van der Waals surface area contributed by atoms with Gasteiger partial charge in [-0.1, -0.05) is 15.9 Å². The molecule has 1 fully saturated rings. The number of rotatable bonds is 4. The summed E-state index contributed by atoms with van der Waals surface area (Å²) >= 11 is 3.33. The molecule has 114 valence electrons. The van der Waals surface area contributed by atoms with Crippen molar-refractivity contribution in [2.75, 3.05) is 39.8 Å². The topological polar surface area (TPSA) is 49.9 Å². The molecule has 0 saturated carbocycles. The van der Waals surface area contributed by atoms with Gasteiger partial charge in [0.1, 0.15) is 5.75 Å². The number of ketones is 1. The van der Waals surface area contributed by atoms with Gasteiger partial charge in [-0.3, -0.25) is 9.59 Å². The number of ether oxygens (including phenoxy) is 1. The average molecular weight is 355 g/mol. The maximum absolute atomic E-state index is 12.1. The Morgan fingerprint density at radius 2 is 1.90 bits per heavy atom. The van der Waals surface area contributed by atoms with E-state index in [9.17, 15) is 9.59 Å². The van der Waals surface area contributed by atoms with E-state index in [0.717, 1.165) is 30.7 Å².